The maximum absolute atomic E-state index is 9.95. The molecule has 0 amide bonds. The molecule has 2 fully saturated rings. The van der Waals surface area contributed by atoms with Gasteiger partial charge in [0, 0.05) is 30.4 Å². The third-order valence-corrected chi connectivity index (χ3v) is 7.12. The standard InChI is InChI=1S/C24H37N5O/c1-4-16(2)13-22-25-15-21-23(28-22)20(17-5-7-19(30)8-6-17)14-26-24(21)27-18-9-11-29(3)12-10-18/h14-19,30H,4-13H2,1-3H3,(H,26,27)/t16-,17?,19?/m0/s1. The number of aliphatic hydroxyl groups excluding tert-OH is 1. The predicted octanol–water partition coefficient (Wildman–Crippen LogP) is 4.14. The summed E-state index contributed by atoms with van der Waals surface area (Å²) in [5.74, 6) is 2.86. The summed E-state index contributed by atoms with van der Waals surface area (Å²) < 4.78 is 0. The van der Waals surface area contributed by atoms with Gasteiger partial charge in [-0.3, -0.25) is 0 Å². The van der Waals surface area contributed by atoms with E-state index in [-0.39, 0.29) is 6.10 Å². The Labute approximate surface area is 180 Å². The summed E-state index contributed by atoms with van der Waals surface area (Å²) in [7, 11) is 2.19. The summed E-state index contributed by atoms with van der Waals surface area (Å²) in [6.07, 6.45) is 11.9. The van der Waals surface area contributed by atoms with Crippen LogP contribution in [0, 0.1) is 5.92 Å². The molecule has 2 aliphatic rings. The lowest BCUT2D eigenvalue weighted by molar-refractivity contribution is 0.122. The van der Waals surface area contributed by atoms with E-state index in [4.69, 9.17) is 15.0 Å². The molecule has 1 aliphatic heterocycles. The van der Waals surface area contributed by atoms with Crippen LogP contribution < -0.4 is 5.32 Å². The maximum Gasteiger partial charge on any atom is 0.137 e. The fraction of sp³-hybridized carbons (Fsp3) is 0.708. The molecule has 2 aromatic rings. The second-order valence-electron chi connectivity index (χ2n) is 9.56. The van der Waals surface area contributed by atoms with Gasteiger partial charge in [0.1, 0.15) is 11.6 Å². The molecule has 4 rings (SSSR count). The smallest absolute Gasteiger partial charge is 0.137 e. The Morgan fingerprint density at radius 2 is 1.83 bits per heavy atom. The summed E-state index contributed by atoms with van der Waals surface area (Å²) in [5.41, 5.74) is 2.30. The number of likely N-dealkylation sites (tertiary alicyclic amines) is 1. The minimum absolute atomic E-state index is 0.151. The van der Waals surface area contributed by atoms with Crippen LogP contribution >= 0.6 is 0 Å². The van der Waals surface area contributed by atoms with Crippen molar-refractivity contribution < 1.29 is 5.11 Å². The molecule has 3 heterocycles. The van der Waals surface area contributed by atoms with Crippen LogP contribution in [0.3, 0.4) is 0 Å². The second kappa shape index (κ2) is 9.56. The van der Waals surface area contributed by atoms with E-state index in [2.05, 4.69) is 31.1 Å². The first-order chi connectivity index (χ1) is 14.5. The van der Waals surface area contributed by atoms with E-state index in [0.717, 1.165) is 87.0 Å². The molecule has 0 aromatic carbocycles. The second-order valence-corrected chi connectivity index (χ2v) is 9.56. The van der Waals surface area contributed by atoms with Crippen LogP contribution in [0.4, 0.5) is 5.82 Å². The molecule has 0 spiro atoms. The zero-order valence-corrected chi connectivity index (χ0v) is 18.8. The van der Waals surface area contributed by atoms with Crippen LogP contribution in [0.1, 0.15) is 76.1 Å². The fourth-order valence-corrected chi connectivity index (χ4v) is 4.78. The van der Waals surface area contributed by atoms with Crippen LogP contribution in [0.15, 0.2) is 12.4 Å². The van der Waals surface area contributed by atoms with E-state index in [1.54, 1.807) is 0 Å². The van der Waals surface area contributed by atoms with Gasteiger partial charge in [0.05, 0.1) is 17.0 Å². The van der Waals surface area contributed by atoms with Gasteiger partial charge in [-0.1, -0.05) is 20.3 Å². The van der Waals surface area contributed by atoms with Gasteiger partial charge < -0.3 is 15.3 Å². The van der Waals surface area contributed by atoms with E-state index in [1.165, 1.54) is 5.56 Å². The van der Waals surface area contributed by atoms with Gasteiger partial charge in [-0.15, -0.1) is 0 Å². The Morgan fingerprint density at radius 3 is 2.53 bits per heavy atom. The van der Waals surface area contributed by atoms with E-state index < -0.39 is 0 Å². The first kappa shape index (κ1) is 21.4. The normalized spacial score (nSPS) is 24.8. The van der Waals surface area contributed by atoms with Gasteiger partial charge in [-0.05, 0) is 70.5 Å². The Kier molecular flexibility index (Phi) is 6.84. The molecular weight excluding hydrogens is 374 g/mol. The third kappa shape index (κ3) is 4.92. The van der Waals surface area contributed by atoms with Crippen LogP contribution in [0.2, 0.25) is 0 Å². The average molecular weight is 412 g/mol. The van der Waals surface area contributed by atoms with Crippen LogP contribution in [0.5, 0.6) is 0 Å². The van der Waals surface area contributed by atoms with Crippen molar-refractivity contribution in [2.24, 2.45) is 5.92 Å². The molecule has 0 bridgehead atoms. The van der Waals surface area contributed by atoms with Crippen molar-refractivity contribution in [2.45, 2.75) is 83.3 Å². The summed E-state index contributed by atoms with van der Waals surface area (Å²) >= 11 is 0. The topological polar surface area (TPSA) is 74.2 Å². The number of piperidine rings is 1. The molecule has 0 radical (unpaired) electrons. The highest BCUT2D eigenvalue weighted by atomic mass is 16.3. The molecule has 0 unspecified atom stereocenters. The number of aliphatic hydroxyl groups is 1. The zero-order valence-electron chi connectivity index (χ0n) is 18.8. The average Bonchev–Trinajstić information content (AvgIpc) is 2.76. The lowest BCUT2D eigenvalue weighted by atomic mass is 9.82. The quantitative estimate of drug-likeness (QED) is 0.744. The van der Waals surface area contributed by atoms with Crippen LogP contribution in [-0.2, 0) is 6.42 Å². The number of fused-ring (bicyclic) bond motifs is 1. The van der Waals surface area contributed by atoms with Crippen molar-refractivity contribution >= 4 is 16.7 Å². The molecule has 6 heteroatoms. The monoisotopic (exact) mass is 411 g/mol. The number of rotatable bonds is 6. The molecular formula is C24H37N5O. The van der Waals surface area contributed by atoms with Crippen LogP contribution in [-0.4, -0.2) is 57.2 Å². The molecule has 1 saturated carbocycles. The summed E-state index contributed by atoms with van der Waals surface area (Å²) in [6.45, 7) is 6.72. The molecule has 1 saturated heterocycles. The number of hydrogen-bond acceptors (Lipinski definition) is 6. The highest BCUT2D eigenvalue weighted by molar-refractivity contribution is 5.91. The van der Waals surface area contributed by atoms with E-state index in [1.807, 2.05) is 12.4 Å². The van der Waals surface area contributed by atoms with Crippen molar-refractivity contribution in [2.75, 3.05) is 25.5 Å². The minimum Gasteiger partial charge on any atom is -0.393 e. The molecule has 164 valence electrons. The highest BCUT2D eigenvalue weighted by Crippen LogP contribution is 2.37. The minimum atomic E-state index is -0.151. The zero-order chi connectivity index (χ0) is 21.1. The molecule has 2 aromatic heterocycles. The molecule has 1 aliphatic carbocycles. The van der Waals surface area contributed by atoms with E-state index in [0.29, 0.717) is 17.9 Å². The SMILES string of the molecule is CC[C@H](C)Cc1ncc2c(NC3CCN(C)CC3)ncc(C3CCC(O)CC3)c2n1. The number of anilines is 1. The maximum atomic E-state index is 9.95. The summed E-state index contributed by atoms with van der Waals surface area (Å²) in [5, 5.41) is 14.7. The van der Waals surface area contributed by atoms with Crippen molar-refractivity contribution in [3.05, 3.63) is 23.8 Å². The number of nitrogens with zero attached hydrogens (tertiary/aromatic N) is 4. The number of aromatic nitrogens is 3. The summed E-state index contributed by atoms with van der Waals surface area (Å²) in [4.78, 5) is 17.0. The lowest BCUT2D eigenvalue weighted by Gasteiger charge is -2.30. The molecule has 6 nitrogen and oxygen atoms in total. The third-order valence-electron chi connectivity index (χ3n) is 7.12. The van der Waals surface area contributed by atoms with Crippen molar-refractivity contribution in [1.82, 2.24) is 19.9 Å². The summed E-state index contributed by atoms with van der Waals surface area (Å²) in [6, 6.07) is 0.451. The van der Waals surface area contributed by atoms with Gasteiger partial charge in [-0.25, -0.2) is 15.0 Å². The number of pyridine rings is 1. The number of nitrogens with one attached hydrogen (secondary N) is 1. The Bertz CT molecular complexity index is 841. The Hall–Kier alpha value is -1.79. The molecule has 1 atom stereocenters. The lowest BCUT2D eigenvalue weighted by Crippen LogP contribution is -2.37. The van der Waals surface area contributed by atoms with Gasteiger partial charge in [0.15, 0.2) is 0 Å². The van der Waals surface area contributed by atoms with Gasteiger partial charge >= 0.3 is 0 Å². The van der Waals surface area contributed by atoms with Gasteiger partial charge in [0.25, 0.3) is 0 Å². The Morgan fingerprint density at radius 1 is 1.10 bits per heavy atom. The first-order valence-electron chi connectivity index (χ1n) is 11.8. The van der Waals surface area contributed by atoms with Crippen molar-refractivity contribution in [1.29, 1.82) is 0 Å². The predicted molar refractivity (Wildman–Crippen MR) is 122 cm³/mol. The highest BCUT2D eigenvalue weighted by Gasteiger charge is 2.25. The fourth-order valence-electron chi connectivity index (χ4n) is 4.78. The van der Waals surface area contributed by atoms with Crippen LogP contribution in [0.25, 0.3) is 10.9 Å². The Balaban J connectivity index is 1.66. The van der Waals surface area contributed by atoms with Crippen molar-refractivity contribution in [3.63, 3.8) is 0 Å². The first-order valence-corrected chi connectivity index (χ1v) is 11.8. The van der Waals surface area contributed by atoms with E-state index in [9.17, 15) is 5.11 Å². The van der Waals surface area contributed by atoms with Gasteiger partial charge in [-0.2, -0.15) is 0 Å². The van der Waals surface area contributed by atoms with Crippen molar-refractivity contribution in [3.8, 4) is 0 Å². The molecule has 30 heavy (non-hydrogen) atoms. The number of hydrogen-bond donors (Lipinski definition) is 2. The van der Waals surface area contributed by atoms with E-state index >= 15 is 0 Å². The largest absolute Gasteiger partial charge is 0.393 e. The molecule has 2 N–H and O–H groups in total. The van der Waals surface area contributed by atoms with Gasteiger partial charge in [0.2, 0.25) is 0 Å².